The molecule has 5 nitrogen and oxygen atoms in total. The molecule has 2 rings (SSSR count). The number of carbonyl (C=O) groups is 2. The normalized spacial score (nSPS) is 30.9. The minimum atomic E-state index is -0.878. The number of carboxylic acids is 1. The van der Waals surface area contributed by atoms with Crippen LogP contribution in [0.3, 0.4) is 0 Å². The van der Waals surface area contributed by atoms with Crippen LogP contribution >= 0.6 is 0 Å². The highest BCUT2D eigenvalue weighted by atomic mass is 16.4. The Morgan fingerprint density at radius 3 is 2.65 bits per heavy atom. The molecule has 0 radical (unpaired) electrons. The summed E-state index contributed by atoms with van der Waals surface area (Å²) in [5.74, 6) is 0.433. The maximum absolute atomic E-state index is 12.3. The van der Waals surface area contributed by atoms with Gasteiger partial charge in [-0.15, -0.1) is 0 Å². The smallest absolute Gasteiger partial charge is 0.326 e. The summed E-state index contributed by atoms with van der Waals surface area (Å²) in [4.78, 5) is 25.1. The first-order valence-electron chi connectivity index (χ1n) is 7.85. The molecule has 1 aliphatic carbocycles. The second-order valence-electron chi connectivity index (χ2n) is 6.37. The van der Waals surface area contributed by atoms with Crippen LogP contribution in [0.25, 0.3) is 0 Å². The van der Waals surface area contributed by atoms with Crippen molar-refractivity contribution in [3.8, 4) is 0 Å². The SMILES string of the molecule is CC1CCC(CNC(=O)N2CCCCCC2C(=O)O)C1. The van der Waals surface area contributed by atoms with E-state index in [4.69, 9.17) is 0 Å². The number of amides is 2. The van der Waals surface area contributed by atoms with Crippen LogP contribution in [0.2, 0.25) is 0 Å². The summed E-state index contributed by atoms with van der Waals surface area (Å²) in [6.07, 6.45) is 6.95. The molecule has 2 aliphatic rings. The Balaban J connectivity index is 1.86. The quantitative estimate of drug-likeness (QED) is 0.835. The van der Waals surface area contributed by atoms with Gasteiger partial charge in [0.2, 0.25) is 0 Å². The Morgan fingerprint density at radius 1 is 1.20 bits per heavy atom. The molecule has 1 aliphatic heterocycles. The maximum Gasteiger partial charge on any atom is 0.326 e. The van der Waals surface area contributed by atoms with Gasteiger partial charge in [-0.25, -0.2) is 9.59 Å². The van der Waals surface area contributed by atoms with Gasteiger partial charge in [-0.2, -0.15) is 0 Å². The second-order valence-corrected chi connectivity index (χ2v) is 6.37. The zero-order valence-corrected chi connectivity index (χ0v) is 12.3. The highest BCUT2D eigenvalue weighted by Crippen LogP contribution is 2.29. The molecule has 1 heterocycles. The number of likely N-dealkylation sites (tertiary alicyclic amines) is 1. The molecule has 3 unspecified atom stereocenters. The summed E-state index contributed by atoms with van der Waals surface area (Å²) in [7, 11) is 0. The molecule has 2 fully saturated rings. The lowest BCUT2D eigenvalue weighted by Crippen LogP contribution is -2.50. The average Bonchev–Trinajstić information content (AvgIpc) is 2.68. The van der Waals surface area contributed by atoms with Crippen molar-refractivity contribution in [1.29, 1.82) is 0 Å². The van der Waals surface area contributed by atoms with Crippen molar-refractivity contribution in [2.24, 2.45) is 11.8 Å². The number of hydrogen-bond acceptors (Lipinski definition) is 2. The third-order valence-corrected chi connectivity index (χ3v) is 4.64. The molecule has 1 saturated heterocycles. The van der Waals surface area contributed by atoms with E-state index in [0.717, 1.165) is 25.2 Å². The van der Waals surface area contributed by atoms with E-state index >= 15 is 0 Å². The van der Waals surface area contributed by atoms with Crippen LogP contribution in [0.4, 0.5) is 4.79 Å². The van der Waals surface area contributed by atoms with Gasteiger partial charge >= 0.3 is 12.0 Å². The van der Waals surface area contributed by atoms with Crippen LogP contribution in [0, 0.1) is 11.8 Å². The Hall–Kier alpha value is -1.26. The molecular weight excluding hydrogens is 256 g/mol. The Labute approximate surface area is 120 Å². The van der Waals surface area contributed by atoms with Crippen LogP contribution in [-0.4, -0.2) is 41.1 Å². The number of nitrogens with one attached hydrogen (secondary N) is 1. The lowest BCUT2D eigenvalue weighted by molar-refractivity contribution is -0.142. The van der Waals surface area contributed by atoms with E-state index < -0.39 is 12.0 Å². The van der Waals surface area contributed by atoms with E-state index in [2.05, 4.69) is 12.2 Å². The Kier molecular flexibility index (Phi) is 5.26. The monoisotopic (exact) mass is 282 g/mol. The fourth-order valence-corrected chi connectivity index (χ4v) is 3.45. The summed E-state index contributed by atoms with van der Waals surface area (Å²) in [5, 5.41) is 12.2. The first kappa shape index (κ1) is 15.1. The largest absolute Gasteiger partial charge is 0.480 e. The predicted octanol–water partition coefficient (Wildman–Crippen LogP) is 2.46. The van der Waals surface area contributed by atoms with Crippen molar-refractivity contribution in [3.05, 3.63) is 0 Å². The van der Waals surface area contributed by atoms with Crippen molar-refractivity contribution in [2.75, 3.05) is 13.1 Å². The number of aliphatic carboxylic acids is 1. The van der Waals surface area contributed by atoms with Gasteiger partial charge < -0.3 is 15.3 Å². The summed E-state index contributed by atoms with van der Waals surface area (Å²) >= 11 is 0. The molecule has 0 aromatic carbocycles. The fraction of sp³-hybridized carbons (Fsp3) is 0.867. The lowest BCUT2D eigenvalue weighted by atomic mass is 10.1. The number of hydrogen-bond donors (Lipinski definition) is 2. The third-order valence-electron chi connectivity index (χ3n) is 4.64. The number of urea groups is 1. The molecule has 20 heavy (non-hydrogen) atoms. The molecule has 2 N–H and O–H groups in total. The number of carboxylic acid groups (broad SMARTS) is 1. The van der Waals surface area contributed by atoms with E-state index in [0.29, 0.717) is 25.4 Å². The Morgan fingerprint density at radius 2 is 2.00 bits per heavy atom. The maximum atomic E-state index is 12.3. The van der Waals surface area contributed by atoms with Crippen LogP contribution in [0.1, 0.15) is 51.9 Å². The molecule has 5 heteroatoms. The molecule has 0 spiro atoms. The van der Waals surface area contributed by atoms with Crippen LogP contribution in [-0.2, 0) is 4.79 Å². The predicted molar refractivity (Wildman–Crippen MR) is 76.5 cm³/mol. The number of carbonyl (C=O) groups excluding carboxylic acids is 1. The third kappa shape index (κ3) is 3.87. The zero-order chi connectivity index (χ0) is 14.5. The van der Waals surface area contributed by atoms with Gasteiger partial charge in [0.05, 0.1) is 0 Å². The minimum absolute atomic E-state index is 0.196. The molecular formula is C15H26N2O3. The number of nitrogens with zero attached hydrogens (tertiary/aromatic N) is 1. The minimum Gasteiger partial charge on any atom is -0.480 e. The van der Waals surface area contributed by atoms with Crippen molar-refractivity contribution in [1.82, 2.24) is 10.2 Å². The lowest BCUT2D eigenvalue weighted by Gasteiger charge is -2.27. The average molecular weight is 282 g/mol. The van der Waals surface area contributed by atoms with Crippen molar-refractivity contribution in [3.63, 3.8) is 0 Å². The van der Waals surface area contributed by atoms with Gasteiger partial charge in [-0.3, -0.25) is 0 Å². The first-order chi connectivity index (χ1) is 9.58. The molecule has 0 aromatic rings. The van der Waals surface area contributed by atoms with E-state index in [9.17, 15) is 14.7 Å². The standard InChI is InChI=1S/C15H26N2O3/c1-11-6-7-12(9-11)10-16-15(20)17-8-4-2-3-5-13(17)14(18)19/h11-13H,2-10H2,1H3,(H,16,20)(H,18,19). The molecule has 2 amide bonds. The number of rotatable bonds is 3. The Bertz CT molecular complexity index is 359. The highest BCUT2D eigenvalue weighted by molar-refractivity contribution is 5.82. The molecule has 114 valence electrons. The van der Waals surface area contributed by atoms with Gasteiger partial charge in [0.25, 0.3) is 0 Å². The summed E-state index contributed by atoms with van der Waals surface area (Å²) in [6, 6.07) is -0.848. The zero-order valence-electron chi connectivity index (χ0n) is 12.3. The topological polar surface area (TPSA) is 69.6 Å². The van der Waals surface area contributed by atoms with Gasteiger partial charge in [0.15, 0.2) is 0 Å². The van der Waals surface area contributed by atoms with E-state index in [1.165, 1.54) is 24.2 Å². The fourth-order valence-electron chi connectivity index (χ4n) is 3.45. The summed E-state index contributed by atoms with van der Waals surface area (Å²) in [6.45, 7) is 3.49. The van der Waals surface area contributed by atoms with E-state index in [-0.39, 0.29) is 6.03 Å². The molecule has 3 atom stereocenters. The molecule has 0 aromatic heterocycles. The summed E-state index contributed by atoms with van der Waals surface area (Å²) < 4.78 is 0. The van der Waals surface area contributed by atoms with Crippen LogP contribution < -0.4 is 5.32 Å². The van der Waals surface area contributed by atoms with Crippen molar-refractivity contribution in [2.45, 2.75) is 57.9 Å². The molecule has 0 bridgehead atoms. The first-order valence-corrected chi connectivity index (χ1v) is 7.85. The van der Waals surface area contributed by atoms with Gasteiger partial charge in [-0.1, -0.05) is 26.2 Å². The van der Waals surface area contributed by atoms with Gasteiger partial charge in [-0.05, 0) is 37.5 Å². The van der Waals surface area contributed by atoms with Crippen molar-refractivity contribution < 1.29 is 14.7 Å². The van der Waals surface area contributed by atoms with Crippen LogP contribution in [0.15, 0.2) is 0 Å². The summed E-state index contributed by atoms with van der Waals surface area (Å²) in [5.41, 5.74) is 0. The van der Waals surface area contributed by atoms with Crippen LogP contribution in [0.5, 0.6) is 0 Å². The molecule has 1 saturated carbocycles. The van der Waals surface area contributed by atoms with Gasteiger partial charge in [0, 0.05) is 13.1 Å². The van der Waals surface area contributed by atoms with Crippen molar-refractivity contribution >= 4 is 12.0 Å². The highest BCUT2D eigenvalue weighted by Gasteiger charge is 2.31. The van der Waals surface area contributed by atoms with Gasteiger partial charge in [0.1, 0.15) is 6.04 Å². The van der Waals surface area contributed by atoms with E-state index in [1.807, 2.05) is 0 Å². The second kappa shape index (κ2) is 6.95. The van der Waals surface area contributed by atoms with E-state index in [1.54, 1.807) is 0 Å².